The summed E-state index contributed by atoms with van der Waals surface area (Å²) in [5.41, 5.74) is 0. The topological polar surface area (TPSA) is 78.0 Å². The number of carbonyl (C=O) groups is 1. The van der Waals surface area contributed by atoms with E-state index in [0.717, 1.165) is 19.4 Å². The van der Waals surface area contributed by atoms with E-state index in [9.17, 15) is 4.79 Å². The molecular formula is C14H19N3O2. The van der Waals surface area contributed by atoms with Gasteiger partial charge in [0.15, 0.2) is 0 Å². The summed E-state index contributed by atoms with van der Waals surface area (Å²) in [4.78, 5) is 16.8. The maximum Gasteiger partial charge on any atom is 0.320 e. The second-order valence-corrected chi connectivity index (χ2v) is 3.90. The Bertz CT molecular complexity index is 368. The minimum atomic E-state index is -0.720. The van der Waals surface area contributed by atoms with E-state index < -0.39 is 5.97 Å². The molecule has 1 saturated heterocycles. The molecule has 0 saturated carbocycles. The number of hydrogen-bond acceptors (Lipinski definition) is 3. The predicted octanol–water partition coefficient (Wildman–Crippen LogP) is 1.92. The average Bonchev–Trinajstić information content (AvgIpc) is 3.18. The van der Waals surface area contributed by atoms with Crippen LogP contribution in [0.4, 0.5) is 0 Å². The van der Waals surface area contributed by atoms with Crippen molar-refractivity contribution in [2.24, 2.45) is 0 Å². The van der Waals surface area contributed by atoms with E-state index in [1.165, 1.54) is 0 Å². The Hall–Kier alpha value is -2.14. The molecule has 0 amide bonds. The van der Waals surface area contributed by atoms with Gasteiger partial charge < -0.3 is 15.4 Å². The molecule has 1 aliphatic rings. The van der Waals surface area contributed by atoms with E-state index in [1.807, 2.05) is 42.7 Å². The first kappa shape index (κ1) is 14.9. The van der Waals surface area contributed by atoms with Crippen LogP contribution in [-0.4, -0.2) is 33.6 Å². The number of aromatic nitrogens is 2. The fourth-order valence-electron chi connectivity index (χ4n) is 1.49. The number of nitrogens with zero attached hydrogens (tertiary/aromatic N) is 1. The van der Waals surface area contributed by atoms with Crippen LogP contribution < -0.4 is 5.32 Å². The van der Waals surface area contributed by atoms with Gasteiger partial charge in [0.05, 0.1) is 0 Å². The second-order valence-electron chi connectivity index (χ2n) is 3.90. The highest BCUT2D eigenvalue weighted by atomic mass is 16.4. The lowest BCUT2D eigenvalue weighted by Crippen LogP contribution is -2.29. The van der Waals surface area contributed by atoms with Crippen LogP contribution in [0.25, 0.3) is 0 Å². The van der Waals surface area contributed by atoms with Crippen LogP contribution in [-0.2, 0) is 4.79 Å². The normalized spacial score (nSPS) is 16.5. The summed E-state index contributed by atoms with van der Waals surface area (Å²) in [7, 11) is 0. The standard InChI is InChI=1S/C5H9NO2.C5H5N.C4H5N/c7-5(8)4-2-1-3-6-4;1-2-4-6-5-3-1;1-2-4-5-3-1/h4,6H,1-3H2,(H,7,8);1-5H;1-5H/t4-;;/m0../s1. The molecule has 0 spiro atoms. The van der Waals surface area contributed by atoms with Gasteiger partial charge in [-0.15, -0.1) is 0 Å². The van der Waals surface area contributed by atoms with Crippen molar-refractivity contribution in [1.82, 2.24) is 15.3 Å². The van der Waals surface area contributed by atoms with Gasteiger partial charge in [0.1, 0.15) is 6.04 Å². The summed E-state index contributed by atoms with van der Waals surface area (Å²) >= 11 is 0. The molecule has 0 unspecified atom stereocenters. The van der Waals surface area contributed by atoms with Crippen molar-refractivity contribution in [1.29, 1.82) is 0 Å². The third-order valence-electron chi connectivity index (χ3n) is 2.42. The van der Waals surface area contributed by atoms with Crippen LogP contribution in [0.15, 0.2) is 55.1 Å². The molecule has 102 valence electrons. The number of hydrogen-bond donors (Lipinski definition) is 3. The zero-order valence-electron chi connectivity index (χ0n) is 10.7. The smallest absolute Gasteiger partial charge is 0.320 e. The molecule has 5 heteroatoms. The zero-order chi connectivity index (χ0) is 13.8. The molecule has 1 fully saturated rings. The van der Waals surface area contributed by atoms with Crippen LogP contribution in [0.5, 0.6) is 0 Å². The van der Waals surface area contributed by atoms with Crippen LogP contribution in [0, 0.1) is 0 Å². The van der Waals surface area contributed by atoms with E-state index >= 15 is 0 Å². The Morgan fingerprint density at radius 3 is 2.00 bits per heavy atom. The van der Waals surface area contributed by atoms with Crippen LogP contribution in [0.3, 0.4) is 0 Å². The molecule has 5 nitrogen and oxygen atoms in total. The lowest BCUT2D eigenvalue weighted by Gasteiger charge is -1.99. The average molecular weight is 261 g/mol. The molecular weight excluding hydrogens is 242 g/mol. The van der Waals surface area contributed by atoms with Gasteiger partial charge in [0.25, 0.3) is 0 Å². The lowest BCUT2D eigenvalue weighted by atomic mass is 10.2. The van der Waals surface area contributed by atoms with Crippen molar-refractivity contribution in [2.45, 2.75) is 18.9 Å². The Morgan fingerprint density at radius 2 is 1.79 bits per heavy atom. The monoisotopic (exact) mass is 261 g/mol. The zero-order valence-corrected chi connectivity index (χ0v) is 10.7. The fraction of sp³-hybridized carbons (Fsp3) is 0.286. The van der Waals surface area contributed by atoms with Gasteiger partial charge in [-0.1, -0.05) is 6.07 Å². The van der Waals surface area contributed by atoms with Crippen LogP contribution in [0.2, 0.25) is 0 Å². The lowest BCUT2D eigenvalue weighted by molar-refractivity contribution is -0.139. The molecule has 3 heterocycles. The molecule has 2 aromatic heterocycles. The third kappa shape index (κ3) is 7.72. The number of aliphatic carboxylic acids is 1. The summed E-state index contributed by atoms with van der Waals surface area (Å²) in [6.07, 6.45) is 9.03. The molecule has 1 atom stereocenters. The van der Waals surface area contributed by atoms with Crippen LogP contribution >= 0.6 is 0 Å². The van der Waals surface area contributed by atoms with Gasteiger partial charge in [-0.05, 0) is 43.7 Å². The highest BCUT2D eigenvalue weighted by Gasteiger charge is 2.20. The maximum absolute atomic E-state index is 10.1. The molecule has 0 radical (unpaired) electrons. The molecule has 0 bridgehead atoms. The van der Waals surface area contributed by atoms with Gasteiger partial charge in [-0.2, -0.15) is 0 Å². The number of nitrogens with one attached hydrogen (secondary N) is 2. The highest BCUT2D eigenvalue weighted by Crippen LogP contribution is 2.03. The number of rotatable bonds is 1. The van der Waals surface area contributed by atoms with Crippen LogP contribution in [0.1, 0.15) is 12.8 Å². The number of carboxylic acids is 1. The molecule has 1 aliphatic heterocycles. The molecule has 19 heavy (non-hydrogen) atoms. The Labute approximate surface area is 112 Å². The molecule has 0 aliphatic carbocycles. The number of carboxylic acid groups (broad SMARTS) is 1. The predicted molar refractivity (Wildman–Crippen MR) is 73.7 cm³/mol. The van der Waals surface area contributed by atoms with Gasteiger partial charge >= 0.3 is 5.97 Å². The van der Waals surface area contributed by atoms with E-state index in [2.05, 4.69) is 15.3 Å². The fourth-order valence-corrected chi connectivity index (χ4v) is 1.49. The minimum absolute atomic E-state index is 0.269. The van der Waals surface area contributed by atoms with Crippen molar-refractivity contribution in [3.8, 4) is 0 Å². The first-order chi connectivity index (χ1) is 9.30. The SMILES string of the molecule is O=C(O)[C@@H]1CCCN1.c1cc[nH]c1.c1ccncc1. The van der Waals surface area contributed by atoms with Gasteiger partial charge in [-0.25, -0.2) is 0 Å². The Balaban J connectivity index is 0.000000147. The Morgan fingerprint density at radius 1 is 1.11 bits per heavy atom. The van der Waals surface area contributed by atoms with Gasteiger partial charge in [-0.3, -0.25) is 9.78 Å². The van der Waals surface area contributed by atoms with Crippen molar-refractivity contribution in [3.63, 3.8) is 0 Å². The third-order valence-corrected chi connectivity index (χ3v) is 2.42. The van der Waals surface area contributed by atoms with Gasteiger partial charge in [0.2, 0.25) is 0 Å². The van der Waals surface area contributed by atoms with Gasteiger partial charge in [0, 0.05) is 24.8 Å². The summed E-state index contributed by atoms with van der Waals surface area (Å²) in [5, 5.41) is 11.2. The highest BCUT2D eigenvalue weighted by molar-refractivity contribution is 5.73. The van der Waals surface area contributed by atoms with Crippen molar-refractivity contribution < 1.29 is 9.90 Å². The first-order valence-electron chi connectivity index (χ1n) is 6.19. The summed E-state index contributed by atoms with van der Waals surface area (Å²) in [6.45, 7) is 0.858. The first-order valence-corrected chi connectivity index (χ1v) is 6.19. The summed E-state index contributed by atoms with van der Waals surface area (Å²) in [6, 6.07) is 9.34. The van der Waals surface area contributed by atoms with E-state index in [4.69, 9.17) is 5.11 Å². The summed E-state index contributed by atoms with van der Waals surface area (Å²) < 4.78 is 0. The van der Waals surface area contributed by atoms with Crippen molar-refractivity contribution in [3.05, 3.63) is 55.1 Å². The quantitative estimate of drug-likeness (QED) is 0.733. The molecule has 0 aromatic carbocycles. The van der Waals surface area contributed by atoms with Crippen molar-refractivity contribution in [2.75, 3.05) is 6.54 Å². The van der Waals surface area contributed by atoms with E-state index in [1.54, 1.807) is 12.4 Å². The number of pyridine rings is 1. The van der Waals surface area contributed by atoms with E-state index in [0.29, 0.717) is 0 Å². The Kier molecular flexibility index (Phi) is 7.73. The maximum atomic E-state index is 10.1. The molecule has 2 aromatic rings. The number of aromatic amines is 1. The van der Waals surface area contributed by atoms with E-state index in [-0.39, 0.29) is 6.04 Å². The summed E-state index contributed by atoms with van der Waals surface area (Å²) in [5.74, 6) is -0.720. The van der Waals surface area contributed by atoms with Crippen molar-refractivity contribution >= 4 is 5.97 Å². The minimum Gasteiger partial charge on any atom is -0.480 e. The second kappa shape index (κ2) is 9.85. The number of H-pyrrole nitrogens is 1. The molecule has 3 rings (SSSR count). The molecule has 3 N–H and O–H groups in total. The largest absolute Gasteiger partial charge is 0.480 e.